The molecule has 6 rings (SSSR count). The van der Waals surface area contributed by atoms with Gasteiger partial charge in [0, 0.05) is 54.2 Å². The third-order valence-corrected chi connectivity index (χ3v) is 13.0. The van der Waals surface area contributed by atoms with Gasteiger partial charge in [0.2, 0.25) is 0 Å². The first-order chi connectivity index (χ1) is 26.6. The van der Waals surface area contributed by atoms with Gasteiger partial charge in [0.25, 0.3) is 0 Å². The summed E-state index contributed by atoms with van der Waals surface area (Å²) >= 11 is 0. The normalized spacial score (nSPS) is 25.0. The lowest BCUT2D eigenvalue weighted by atomic mass is 9.69. The van der Waals surface area contributed by atoms with Crippen molar-refractivity contribution in [3.8, 4) is 11.5 Å². The van der Waals surface area contributed by atoms with Crippen LogP contribution in [-0.2, 0) is 24.0 Å². The fraction of sp³-hybridized carbons (Fsp3) is 0.531. The maximum Gasteiger partial charge on any atom is 0.156 e. The van der Waals surface area contributed by atoms with Crippen LogP contribution in [0.5, 0.6) is 11.5 Å². The molecule has 6 atom stereocenters. The molecule has 2 aromatic rings. The van der Waals surface area contributed by atoms with Gasteiger partial charge in [0.05, 0.1) is 7.11 Å². The summed E-state index contributed by atoms with van der Waals surface area (Å²) in [5, 5.41) is 1.81. The molecule has 7 nitrogen and oxygen atoms in total. The highest BCUT2D eigenvalue weighted by Gasteiger charge is 2.59. The molecule has 0 bridgehead atoms. The summed E-state index contributed by atoms with van der Waals surface area (Å²) in [5.74, 6) is -0.510. The highest BCUT2D eigenvalue weighted by atomic mass is 16.5. The molecule has 0 radical (unpaired) electrons. The molecule has 2 aromatic carbocycles. The number of methoxy groups -OCH3 is 1. The van der Waals surface area contributed by atoms with Gasteiger partial charge in [-0.2, -0.15) is 0 Å². The van der Waals surface area contributed by atoms with E-state index in [-0.39, 0.29) is 47.7 Å². The summed E-state index contributed by atoms with van der Waals surface area (Å²) in [6, 6.07) is 9.97. The second kappa shape index (κ2) is 17.0. The molecule has 0 spiro atoms. The van der Waals surface area contributed by atoms with E-state index >= 15 is 0 Å². The monoisotopic (exact) mass is 760 g/mol. The minimum absolute atomic E-state index is 0.0191. The Bertz CT molecular complexity index is 2000. The average Bonchev–Trinajstić information content (AvgIpc) is 3.56. The van der Waals surface area contributed by atoms with Crippen LogP contribution in [0.25, 0.3) is 16.3 Å². The summed E-state index contributed by atoms with van der Waals surface area (Å²) in [6.07, 6.45) is 15.4. The van der Waals surface area contributed by atoms with Crippen LogP contribution in [0.4, 0.5) is 0 Å². The third kappa shape index (κ3) is 9.08. The Morgan fingerprint density at radius 3 is 2.39 bits per heavy atom. The second-order valence-corrected chi connectivity index (χ2v) is 18.0. The Morgan fingerprint density at radius 1 is 1.02 bits per heavy atom. The molecule has 0 amide bonds. The van der Waals surface area contributed by atoms with Gasteiger partial charge in [-0.1, -0.05) is 57.1 Å². The molecule has 7 heteroatoms. The van der Waals surface area contributed by atoms with Crippen LogP contribution in [0, 0.1) is 34.5 Å². The zero-order valence-corrected chi connectivity index (χ0v) is 34.3. The van der Waals surface area contributed by atoms with Gasteiger partial charge in [0.1, 0.15) is 40.7 Å². The van der Waals surface area contributed by atoms with E-state index in [4.69, 9.17) is 9.47 Å². The number of carbonyl (C=O) groups excluding carboxylic acids is 5. The summed E-state index contributed by atoms with van der Waals surface area (Å²) in [5.41, 5.74) is 2.95. The van der Waals surface area contributed by atoms with Crippen molar-refractivity contribution in [3.05, 3.63) is 77.9 Å². The van der Waals surface area contributed by atoms with Gasteiger partial charge in [-0.15, -0.1) is 6.58 Å². The first kappa shape index (κ1) is 41.2. The maximum absolute atomic E-state index is 14.9. The van der Waals surface area contributed by atoms with Crippen LogP contribution in [0.3, 0.4) is 0 Å². The van der Waals surface area contributed by atoms with Crippen molar-refractivity contribution >= 4 is 45.3 Å². The van der Waals surface area contributed by atoms with Crippen LogP contribution in [0.1, 0.15) is 124 Å². The number of hydrogen-bond acceptors (Lipinski definition) is 7. The van der Waals surface area contributed by atoms with Gasteiger partial charge >= 0.3 is 0 Å². The molecule has 0 aromatic heterocycles. The number of hydrogen-bond donors (Lipinski definition) is 0. The zero-order chi connectivity index (χ0) is 40.4. The smallest absolute Gasteiger partial charge is 0.156 e. The van der Waals surface area contributed by atoms with E-state index in [1.54, 1.807) is 26.2 Å². The lowest BCUT2D eigenvalue weighted by Crippen LogP contribution is -2.38. The van der Waals surface area contributed by atoms with Crippen molar-refractivity contribution in [1.82, 2.24) is 0 Å². The predicted octanol–water partition coefficient (Wildman–Crippen LogP) is 10.5. The molecule has 0 aliphatic heterocycles. The standard InChI is InChI=1S/C49H60O7/c1-8-12-37(51)21-32-15-16-33(19-32)34-22-35-23-39(55-7)17-18-41(35)46(24-34)56-40-26-42(45(53)29-49(30(3)50)28-36(49)9-2)43(27-40)47(54)44(48(4,5)6)25-38(52)20-31-13-10-11-14-31/h9,16-20,22-24,36,40,42-44H,2,8,10-15,21,25-29H2,1,3-7H3. The summed E-state index contributed by atoms with van der Waals surface area (Å²) < 4.78 is 12.5. The molecule has 4 aliphatic rings. The van der Waals surface area contributed by atoms with E-state index in [1.165, 1.54) is 0 Å². The second-order valence-electron chi connectivity index (χ2n) is 18.0. The summed E-state index contributed by atoms with van der Waals surface area (Å²) in [4.78, 5) is 68.1. The summed E-state index contributed by atoms with van der Waals surface area (Å²) in [6.45, 7) is 13.5. The van der Waals surface area contributed by atoms with Crippen molar-refractivity contribution in [1.29, 1.82) is 0 Å². The molecule has 0 saturated heterocycles. The molecular weight excluding hydrogens is 701 g/mol. The number of benzene rings is 2. The van der Waals surface area contributed by atoms with E-state index in [2.05, 4.69) is 24.8 Å². The highest BCUT2D eigenvalue weighted by molar-refractivity contribution is 5.99. The molecule has 4 aliphatic carbocycles. The van der Waals surface area contributed by atoms with E-state index in [0.717, 1.165) is 71.6 Å². The first-order valence-electron chi connectivity index (χ1n) is 20.8. The Morgan fingerprint density at radius 2 is 1.75 bits per heavy atom. The predicted molar refractivity (Wildman–Crippen MR) is 222 cm³/mol. The Labute approximate surface area is 333 Å². The van der Waals surface area contributed by atoms with Crippen molar-refractivity contribution < 1.29 is 33.4 Å². The number of ether oxygens (including phenoxy) is 2. The SMILES string of the molecule is C=CC1CC1(CC(=O)C1CC(Oc2cc(C3=CCC(CC(=O)CCC)=C3)cc3cc(OC)ccc23)CC1C(=O)C(CC(=O)C=C1CCCC1)C(C)(C)C)C(C)=O. The molecular formula is C49H60O7. The van der Waals surface area contributed by atoms with E-state index < -0.39 is 34.7 Å². The van der Waals surface area contributed by atoms with Crippen molar-refractivity contribution in [3.63, 3.8) is 0 Å². The number of fused-ring (bicyclic) bond motifs is 1. The highest BCUT2D eigenvalue weighted by Crippen LogP contribution is 2.58. The number of carbonyl (C=O) groups is 5. The maximum atomic E-state index is 14.9. The van der Waals surface area contributed by atoms with E-state index in [1.807, 2.05) is 52.0 Å². The molecule has 298 valence electrons. The van der Waals surface area contributed by atoms with Crippen LogP contribution >= 0.6 is 0 Å². The lowest BCUT2D eigenvalue weighted by molar-refractivity contribution is -0.138. The topological polar surface area (TPSA) is 104 Å². The third-order valence-electron chi connectivity index (χ3n) is 13.0. The van der Waals surface area contributed by atoms with Gasteiger partial charge < -0.3 is 9.47 Å². The van der Waals surface area contributed by atoms with Crippen molar-refractivity contribution in [2.24, 2.45) is 34.5 Å². The molecule has 0 N–H and O–H groups in total. The fourth-order valence-electron chi connectivity index (χ4n) is 9.54. The van der Waals surface area contributed by atoms with Gasteiger partial charge in [-0.3, -0.25) is 24.0 Å². The molecule has 3 fully saturated rings. The van der Waals surface area contributed by atoms with Crippen LogP contribution in [-0.4, -0.2) is 42.1 Å². The summed E-state index contributed by atoms with van der Waals surface area (Å²) in [7, 11) is 1.64. The minimum Gasteiger partial charge on any atom is -0.497 e. The van der Waals surface area contributed by atoms with Crippen molar-refractivity contribution in [2.75, 3.05) is 7.11 Å². The Balaban J connectivity index is 1.32. The van der Waals surface area contributed by atoms with Crippen LogP contribution in [0.15, 0.2) is 72.4 Å². The van der Waals surface area contributed by atoms with E-state index in [0.29, 0.717) is 43.6 Å². The molecule has 3 saturated carbocycles. The minimum atomic E-state index is -0.760. The Kier molecular flexibility index (Phi) is 12.5. The molecule has 0 heterocycles. The number of Topliss-reactive ketones (excluding diaryl/α,β-unsaturated/α-hetero) is 4. The van der Waals surface area contributed by atoms with E-state index in [9.17, 15) is 24.0 Å². The molecule has 6 unspecified atom stereocenters. The largest absolute Gasteiger partial charge is 0.497 e. The quantitative estimate of drug-likeness (QED) is 0.110. The van der Waals surface area contributed by atoms with Gasteiger partial charge in [-0.25, -0.2) is 0 Å². The number of ketones is 5. The first-order valence-corrected chi connectivity index (χ1v) is 20.8. The average molecular weight is 761 g/mol. The van der Waals surface area contributed by atoms with Gasteiger partial charge in [-0.05, 0) is 129 Å². The zero-order valence-electron chi connectivity index (χ0n) is 34.3. The van der Waals surface area contributed by atoms with Crippen molar-refractivity contribution in [2.45, 2.75) is 124 Å². The van der Waals surface area contributed by atoms with Gasteiger partial charge in [0.15, 0.2) is 5.78 Å². The van der Waals surface area contributed by atoms with Crippen LogP contribution in [0.2, 0.25) is 0 Å². The number of allylic oxidation sites excluding steroid dienone is 7. The lowest BCUT2D eigenvalue weighted by Gasteiger charge is -2.32. The Hall–Kier alpha value is -4.39. The number of rotatable bonds is 18. The molecule has 56 heavy (non-hydrogen) atoms. The van der Waals surface area contributed by atoms with Crippen LogP contribution < -0.4 is 9.47 Å². The fourth-order valence-corrected chi connectivity index (χ4v) is 9.54.